The van der Waals surface area contributed by atoms with E-state index in [9.17, 15) is 4.79 Å². The van der Waals surface area contributed by atoms with Crippen molar-refractivity contribution in [2.45, 2.75) is 59.4 Å². The van der Waals surface area contributed by atoms with Gasteiger partial charge in [0.05, 0.1) is 0 Å². The van der Waals surface area contributed by atoms with E-state index in [0.29, 0.717) is 6.04 Å². The second-order valence-electron chi connectivity index (χ2n) is 3.41. The van der Waals surface area contributed by atoms with Crippen molar-refractivity contribution in [2.75, 3.05) is 6.54 Å². The van der Waals surface area contributed by atoms with E-state index in [1.165, 1.54) is 25.7 Å². The van der Waals surface area contributed by atoms with Crippen LogP contribution in [-0.2, 0) is 4.79 Å². The fourth-order valence-electron chi connectivity index (χ4n) is 1.74. The number of carbonyl (C=O) groups excluding carboxylic acids is 1. The lowest BCUT2D eigenvalue weighted by molar-refractivity contribution is -0.130. The average Bonchev–Trinajstić information content (AvgIpc) is 2.33. The molecule has 1 aliphatic heterocycles. The molecule has 1 amide bonds. The van der Waals surface area contributed by atoms with Gasteiger partial charge >= 0.3 is 0 Å². The van der Waals surface area contributed by atoms with E-state index in [2.05, 4.69) is 6.92 Å². The SMILES string of the molecule is CC.CC(=O)N1CCCCCC1C. The smallest absolute Gasteiger partial charge is 0.219 e. The van der Waals surface area contributed by atoms with Gasteiger partial charge in [0.2, 0.25) is 5.91 Å². The van der Waals surface area contributed by atoms with Crippen LogP contribution in [0.4, 0.5) is 0 Å². The zero-order chi connectivity index (χ0) is 10.3. The molecule has 1 rings (SSSR count). The molecule has 0 aliphatic carbocycles. The van der Waals surface area contributed by atoms with Crippen molar-refractivity contribution in [3.8, 4) is 0 Å². The van der Waals surface area contributed by atoms with Crippen LogP contribution in [0.5, 0.6) is 0 Å². The highest BCUT2D eigenvalue weighted by atomic mass is 16.2. The molecule has 0 aromatic carbocycles. The van der Waals surface area contributed by atoms with Crippen LogP contribution in [0.25, 0.3) is 0 Å². The molecule has 1 fully saturated rings. The molecule has 0 spiro atoms. The Kier molecular flexibility index (Phi) is 6.65. The molecular weight excluding hydrogens is 162 g/mol. The van der Waals surface area contributed by atoms with Gasteiger partial charge in [-0.15, -0.1) is 0 Å². The first-order valence-corrected chi connectivity index (χ1v) is 5.49. The molecule has 2 heteroatoms. The second-order valence-corrected chi connectivity index (χ2v) is 3.41. The Morgan fingerprint density at radius 2 is 1.85 bits per heavy atom. The first-order valence-electron chi connectivity index (χ1n) is 5.49. The molecule has 0 aromatic heterocycles. The number of hydrogen-bond donors (Lipinski definition) is 0. The van der Waals surface area contributed by atoms with Crippen molar-refractivity contribution in [1.29, 1.82) is 0 Å². The van der Waals surface area contributed by atoms with Gasteiger partial charge in [-0.1, -0.05) is 26.7 Å². The molecule has 1 aliphatic rings. The van der Waals surface area contributed by atoms with E-state index in [1.54, 1.807) is 6.92 Å². The van der Waals surface area contributed by atoms with Gasteiger partial charge in [-0.3, -0.25) is 4.79 Å². The highest BCUT2D eigenvalue weighted by Gasteiger charge is 2.18. The van der Waals surface area contributed by atoms with E-state index in [0.717, 1.165) is 6.54 Å². The Bertz CT molecular complexity index is 145. The van der Waals surface area contributed by atoms with Gasteiger partial charge < -0.3 is 4.90 Å². The number of hydrogen-bond acceptors (Lipinski definition) is 1. The van der Waals surface area contributed by atoms with Gasteiger partial charge in [0.15, 0.2) is 0 Å². The summed E-state index contributed by atoms with van der Waals surface area (Å²) in [5.41, 5.74) is 0. The predicted molar refractivity (Wildman–Crippen MR) is 56.7 cm³/mol. The number of likely N-dealkylation sites (tertiary alicyclic amines) is 1. The van der Waals surface area contributed by atoms with Crippen LogP contribution in [0.3, 0.4) is 0 Å². The Morgan fingerprint density at radius 1 is 1.23 bits per heavy atom. The summed E-state index contributed by atoms with van der Waals surface area (Å²) >= 11 is 0. The molecule has 13 heavy (non-hydrogen) atoms. The highest BCUT2D eigenvalue weighted by molar-refractivity contribution is 5.73. The van der Waals surface area contributed by atoms with E-state index in [1.807, 2.05) is 18.7 Å². The minimum Gasteiger partial charge on any atom is -0.340 e. The van der Waals surface area contributed by atoms with Crippen molar-refractivity contribution in [3.05, 3.63) is 0 Å². The fraction of sp³-hybridized carbons (Fsp3) is 0.909. The Labute approximate surface area is 82.3 Å². The summed E-state index contributed by atoms with van der Waals surface area (Å²) in [5, 5.41) is 0. The van der Waals surface area contributed by atoms with E-state index in [4.69, 9.17) is 0 Å². The van der Waals surface area contributed by atoms with Crippen molar-refractivity contribution in [1.82, 2.24) is 4.90 Å². The minimum atomic E-state index is 0.236. The first-order chi connectivity index (χ1) is 6.22. The maximum absolute atomic E-state index is 11.1. The zero-order valence-electron chi connectivity index (χ0n) is 9.47. The van der Waals surface area contributed by atoms with Crippen molar-refractivity contribution in [3.63, 3.8) is 0 Å². The van der Waals surface area contributed by atoms with Crippen molar-refractivity contribution >= 4 is 5.91 Å². The second kappa shape index (κ2) is 6.93. The molecule has 0 bridgehead atoms. The Hall–Kier alpha value is -0.530. The zero-order valence-corrected chi connectivity index (χ0v) is 9.47. The molecule has 1 atom stereocenters. The molecule has 1 saturated heterocycles. The van der Waals surface area contributed by atoms with Crippen LogP contribution in [0, 0.1) is 0 Å². The molecule has 0 N–H and O–H groups in total. The van der Waals surface area contributed by atoms with Crippen LogP contribution in [-0.4, -0.2) is 23.4 Å². The number of rotatable bonds is 0. The molecule has 0 radical (unpaired) electrons. The van der Waals surface area contributed by atoms with Gasteiger partial charge in [-0.25, -0.2) is 0 Å². The van der Waals surface area contributed by atoms with Gasteiger partial charge in [0, 0.05) is 19.5 Å². The first kappa shape index (κ1) is 12.5. The average molecular weight is 185 g/mol. The van der Waals surface area contributed by atoms with Gasteiger partial charge in [-0.2, -0.15) is 0 Å². The lowest BCUT2D eigenvalue weighted by Crippen LogP contribution is -2.36. The summed E-state index contributed by atoms with van der Waals surface area (Å²) in [6.07, 6.45) is 4.93. The molecule has 1 unspecified atom stereocenters. The summed E-state index contributed by atoms with van der Waals surface area (Å²) in [6.45, 7) is 8.78. The number of carbonyl (C=O) groups is 1. The van der Waals surface area contributed by atoms with E-state index < -0.39 is 0 Å². The summed E-state index contributed by atoms with van der Waals surface area (Å²) in [4.78, 5) is 13.1. The molecule has 78 valence electrons. The predicted octanol–water partition coefficient (Wildman–Crippen LogP) is 2.82. The standard InChI is InChI=1S/C9H17NO.C2H6/c1-8-6-4-3-5-7-10(8)9(2)11;1-2/h8H,3-7H2,1-2H3;1-2H3. The summed E-state index contributed by atoms with van der Waals surface area (Å²) in [6, 6.07) is 0.468. The maximum atomic E-state index is 11.1. The fourth-order valence-corrected chi connectivity index (χ4v) is 1.74. The number of amides is 1. The summed E-state index contributed by atoms with van der Waals surface area (Å²) in [5.74, 6) is 0.236. The third-order valence-electron chi connectivity index (χ3n) is 2.46. The van der Waals surface area contributed by atoms with E-state index in [-0.39, 0.29) is 5.91 Å². The molecule has 0 aromatic rings. The van der Waals surface area contributed by atoms with Gasteiger partial charge in [-0.05, 0) is 19.8 Å². The van der Waals surface area contributed by atoms with Gasteiger partial charge in [0.25, 0.3) is 0 Å². The van der Waals surface area contributed by atoms with Crippen LogP contribution in [0.15, 0.2) is 0 Å². The topological polar surface area (TPSA) is 20.3 Å². The minimum absolute atomic E-state index is 0.236. The molecule has 0 saturated carbocycles. The Balaban J connectivity index is 0.000000671. The van der Waals surface area contributed by atoms with Crippen molar-refractivity contribution in [2.24, 2.45) is 0 Å². The van der Waals surface area contributed by atoms with Crippen LogP contribution < -0.4 is 0 Å². The largest absolute Gasteiger partial charge is 0.340 e. The summed E-state index contributed by atoms with van der Waals surface area (Å²) < 4.78 is 0. The molecule has 2 nitrogen and oxygen atoms in total. The van der Waals surface area contributed by atoms with Gasteiger partial charge in [0.1, 0.15) is 0 Å². The van der Waals surface area contributed by atoms with Crippen LogP contribution >= 0.6 is 0 Å². The third kappa shape index (κ3) is 4.30. The van der Waals surface area contributed by atoms with Crippen molar-refractivity contribution < 1.29 is 4.79 Å². The molecule has 1 heterocycles. The lowest BCUT2D eigenvalue weighted by Gasteiger charge is -2.25. The third-order valence-corrected chi connectivity index (χ3v) is 2.46. The monoisotopic (exact) mass is 185 g/mol. The van der Waals surface area contributed by atoms with E-state index >= 15 is 0 Å². The van der Waals surface area contributed by atoms with Crippen LogP contribution in [0.1, 0.15) is 53.4 Å². The molecular formula is C11H23NO. The quantitative estimate of drug-likeness (QED) is 0.568. The highest BCUT2D eigenvalue weighted by Crippen LogP contribution is 2.15. The Morgan fingerprint density at radius 3 is 2.38 bits per heavy atom. The summed E-state index contributed by atoms with van der Waals surface area (Å²) in [7, 11) is 0. The number of nitrogens with zero attached hydrogens (tertiary/aromatic N) is 1. The normalized spacial score (nSPS) is 22.8. The maximum Gasteiger partial charge on any atom is 0.219 e. The van der Waals surface area contributed by atoms with Crippen LogP contribution in [0.2, 0.25) is 0 Å². The lowest BCUT2D eigenvalue weighted by atomic mass is 10.1.